The number of carbonyl (C=O) groups excluding carboxylic acids is 1. The standard InChI is InChI=1S/C25H35FN4O2/c1-18(2)24(31)28-23-6-3-5-20(17-23)19-11-15-30(16-12-19)14-4-13-27-25(32)29-22-9-7-21(26)8-10-22/h3,5-10,17-19,24,28,31H,4,11-16H2,1-2H3,(H2,27,29,32). The van der Waals surface area contributed by atoms with Crippen LogP contribution in [0.1, 0.15) is 44.6 Å². The average Bonchev–Trinajstić information content (AvgIpc) is 2.79. The molecule has 1 aliphatic heterocycles. The summed E-state index contributed by atoms with van der Waals surface area (Å²) >= 11 is 0. The van der Waals surface area contributed by atoms with Gasteiger partial charge in [0.1, 0.15) is 12.0 Å². The van der Waals surface area contributed by atoms with E-state index in [9.17, 15) is 14.3 Å². The molecule has 0 radical (unpaired) electrons. The summed E-state index contributed by atoms with van der Waals surface area (Å²) in [7, 11) is 0. The van der Waals surface area contributed by atoms with Crippen LogP contribution in [-0.2, 0) is 0 Å². The number of halogens is 1. The predicted octanol–water partition coefficient (Wildman–Crippen LogP) is 4.60. The van der Waals surface area contributed by atoms with Gasteiger partial charge in [-0.1, -0.05) is 26.0 Å². The van der Waals surface area contributed by atoms with Crippen LogP contribution in [0.3, 0.4) is 0 Å². The van der Waals surface area contributed by atoms with E-state index in [1.807, 2.05) is 19.9 Å². The highest BCUT2D eigenvalue weighted by molar-refractivity contribution is 5.89. The Morgan fingerprint density at radius 2 is 1.84 bits per heavy atom. The lowest BCUT2D eigenvalue weighted by Crippen LogP contribution is -2.36. The molecule has 1 unspecified atom stereocenters. The molecular formula is C25H35FN4O2. The molecule has 3 rings (SSSR count). The second-order valence-corrected chi connectivity index (χ2v) is 8.82. The first-order valence-corrected chi connectivity index (χ1v) is 11.5. The van der Waals surface area contributed by atoms with Gasteiger partial charge in [0.15, 0.2) is 0 Å². The Kier molecular flexibility index (Phi) is 8.88. The molecule has 7 heteroatoms. The van der Waals surface area contributed by atoms with E-state index in [4.69, 9.17) is 0 Å². The summed E-state index contributed by atoms with van der Waals surface area (Å²) in [6.07, 6.45) is 2.55. The van der Waals surface area contributed by atoms with Crippen molar-refractivity contribution in [1.82, 2.24) is 10.2 Å². The van der Waals surface area contributed by atoms with E-state index in [-0.39, 0.29) is 17.8 Å². The molecule has 2 amide bonds. The maximum atomic E-state index is 12.9. The Hall–Kier alpha value is -2.64. The zero-order valence-corrected chi connectivity index (χ0v) is 19.0. The number of hydrogen-bond acceptors (Lipinski definition) is 4. The number of rotatable bonds is 9. The van der Waals surface area contributed by atoms with Crippen LogP contribution in [0.15, 0.2) is 48.5 Å². The second kappa shape index (κ2) is 11.8. The van der Waals surface area contributed by atoms with Crippen molar-refractivity contribution in [2.45, 2.75) is 45.3 Å². The third-order valence-electron chi connectivity index (χ3n) is 5.93. The lowest BCUT2D eigenvalue weighted by Gasteiger charge is -2.32. The average molecular weight is 443 g/mol. The molecule has 0 spiro atoms. The lowest BCUT2D eigenvalue weighted by atomic mass is 9.89. The summed E-state index contributed by atoms with van der Waals surface area (Å²) < 4.78 is 12.9. The number of likely N-dealkylation sites (tertiary alicyclic amines) is 1. The van der Waals surface area contributed by atoms with Gasteiger partial charge in [0, 0.05) is 17.9 Å². The Labute approximate surface area is 190 Å². The van der Waals surface area contributed by atoms with Crippen molar-refractivity contribution < 1.29 is 14.3 Å². The number of aliphatic hydroxyl groups is 1. The highest BCUT2D eigenvalue weighted by atomic mass is 19.1. The van der Waals surface area contributed by atoms with E-state index in [2.05, 4.69) is 39.0 Å². The first-order chi connectivity index (χ1) is 15.4. The molecule has 1 fully saturated rings. The smallest absolute Gasteiger partial charge is 0.319 e. The van der Waals surface area contributed by atoms with Crippen LogP contribution in [0.2, 0.25) is 0 Å². The van der Waals surface area contributed by atoms with E-state index in [1.54, 1.807) is 0 Å². The second-order valence-electron chi connectivity index (χ2n) is 8.82. The van der Waals surface area contributed by atoms with Crippen LogP contribution >= 0.6 is 0 Å². The number of amides is 2. The Morgan fingerprint density at radius 3 is 2.53 bits per heavy atom. The molecule has 4 N–H and O–H groups in total. The lowest BCUT2D eigenvalue weighted by molar-refractivity contribution is 0.153. The molecule has 0 saturated carbocycles. The summed E-state index contributed by atoms with van der Waals surface area (Å²) in [5.41, 5.74) is 2.87. The number of aliphatic hydroxyl groups excluding tert-OH is 1. The van der Waals surface area contributed by atoms with Crippen LogP contribution in [0.4, 0.5) is 20.6 Å². The van der Waals surface area contributed by atoms with Crippen molar-refractivity contribution >= 4 is 17.4 Å². The normalized spacial score (nSPS) is 16.0. The maximum Gasteiger partial charge on any atom is 0.319 e. The van der Waals surface area contributed by atoms with Crippen molar-refractivity contribution in [3.05, 3.63) is 59.9 Å². The van der Waals surface area contributed by atoms with Gasteiger partial charge in [-0.15, -0.1) is 0 Å². The van der Waals surface area contributed by atoms with Crippen molar-refractivity contribution in [3.63, 3.8) is 0 Å². The van der Waals surface area contributed by atoms with Crippen LogP contribution in [0.25, 0.3) is 0 Å². The van der Waals surface area contributed by atoms with Gasteiger partial charge in [0.2, 0.25) is 0 Å². The van der Waals surface area contributed by atoms with Crippen molar-refractivity contribution in [2.24, 2.45) is 5.92 Å². The number of anilines is 2. The molecule has 1 atom stereocenters. The molecule has 1 heterocycles. The van der Waals surface area contributed by atoms with E-state index in [1.165, 1.54) is 29.8 Å². The zero-order chi connectivity index (χ0) is 22.9. The van der Waals surface area contributed by atoms with Crippen LogP contribution < -0.4 is 16.0 Å². The molecular weight excluding hydrogens is 407 g/mol. The number of benzene rings is 2. The first kappa shape index (κ1) is 24.0. The van der Waals surface area contributed by atoms with Gasteiger partial charge in [0.05, 0.1) is 0 Å². The first-order valence-electron chi connectivity index (χ1n) is 11.5. The largest absolute Gasteiger partial charge is 0.374 e. The number of carbonyl (C=O) groups is 1. The van der Waals surface area contributed by atoms with Crippen molar-refractivity contribution in [3.8, 4) is 0 Å². The van der Waals surface area contributed by atoms with Crippen LogP contribution in [0, 0.1) is 11.7 Å². The summed E-state index contributed by atoms with van der Waals surface area (Å²) in [5.74, 6) is 0.364. The zero-order valence-electron chi connectivity index (χ0n) is 19.0. The number of nitrogens with one attached hydrogen (secondary N) is 3. The number of nitrogens with zero attached hydrogens (tertiary/aromatic N) is 1. The fourth-order valence-electron chi connectivity index (χ4n) is 3.92. The Bertz CT molecular complexity index is 851. The third-order valence-corrected chi connectivity index (χ3v) is 5.93. The Balaban J connectivity index is 1.34. The summed E-state index contributed by atoms with van der Waals surface area (Å²) in [5, 5.41) is 18.8. The van der Waals surface area contributed by atoms with Crippen molar-refractivity contribution in [1.29, 1.82) is 0 Å². The summed E-state index contributed by atoms with van der Waals surface area (Å²) in [4.78, 5) is 14.4. The van der Waals surface area contributed by atoms with E-state index < -0.39 is 6.23 Å². The molecule has 0 aromatic heterocycles. The fraction of sp³-hybridized carbons (Fsp3) is 0.480. The third kappa shape index (κ3) is 7.50. The monoisotopic (exact) mass is 442 g/mol. The maximum absolute atomic E-state index is 12.9. The highest BCUT2D eigenvalue weighted by Crippen LogP contribution is 2.29. The van der Waals surface area contributed by atoms with E-state index in [0.717, 1.165) is 44.6 Å². The highest BCUT2D eigenvalue weighted by Gasteiger charge is 2.21. The van der Waals surface area contributed by atoms with Gasteiger partial charge in [-0.25, -0.2) is 9.18 Å². The minimum absolute atomic E-state index is 0.158. The van der Waals surface area contributed by atoms with Crippen molar-refractivity contribution in [2.75, 3.05) is 36.8 Å². The summed E-state index contributed by atoms with van der Waals surface area (Å²) in [6, 6.07) is 13.8. The molecule has 0 bridgehead atoms. The number of piperidine rings is 1. The number of urea groups is 1. The molecule has 2 aromatic carbocycles. The van der Waals surface area contributed by atoms with Gasteiger partial charge in [-0.05, 0) is 92.7 Å². The summed E-state index contributed by atoms with van der Waals surface area (Å²) in [6.45, 7) is 7.61. The van der Waals surface area contributed by atoms with Crippen LogP contribution in [-0.4, -0.2) is 48.4 Å². The molecule has 1 aliphatic rings. The van der Waals surface area contributed by atoms with Gasteiger partial charge in [0.25, 0.3) is 0 Å². The number of hydrogen-bond donors (Lipinski definition) is 4. The van der Waals surface area contributed by atoms with Gasteiger partial charge in [-0.3, -0.25) is 0 Å². The quantitative estimate of drug-likeness (QED) is 0.338. The predicted molar refractivity (Wildman–Crippen MR) is 127 cm³/mol. The minimum atomic E-state index is -0.543. The molecule has 6 nitrogen and oxygen atoms in total. The van der Waals surface area contributed by atoms with Crippen LogP contribution in [0.5, 0.6) is 0 Å². The topological polar surface area (TPSA) is 76.6 Å². The molecule has 0 aliphatic carbocycles. The SMILES string of the molecule is CC(C)C(O)Nc1cccc(C2CCN(CCCNC(=O)Nc3ccc(F)cc3)CC2)c1. The minimum Gasteiger partial charge on any atom is -0.374 e. The molecule has 32 heavy (non-hydrogen) atoms. The molecule has 174 valence electrons. The van der Waals surface area contributed by atoms with E-state index >= 15 is 0 Å². The van der Waals surface area contributed by atoms with Gasteiger partial charge >= 0.3 is 6.03 Å². The van der Waals surface area contributed by atoms with E-state index in [0.29, 0.717) is 18.2 Å². The fourth-order valence-corrected chi connectivity index (χ4v) is 3.92. The molecule has 1 saturated heterocycles. The van der Waals surface area contributed by atoms with Gasteiger partial charge in [-0.2, -0.15) is 0 Å². The van der Waals surface area contributed by atoms with Gasteiger partial charge < -0.3 is 26.0 Å². The Morgan fingerprint density at radius 1 is 1.12 bits per heavy atom. The molecule has 2 aromatic rings.